The molecule has 0 bridgehead atoms. The lowest BCUT2D eigenvalue weighted by molar-refractivity contribution is 0.0686. The van der Waals surface area contributed by atoms with E-state index in [1.54, 1.807) is 21.3 Å². The summed E-state index contributed by atoms with van der Waals surface area (Å²) >= 11 is 2.35. The van der Waals surface area contributed by atoms with E-state index in [1.165, 1.54) is 97.6 Å². The van der Waals surface area contributed by atoms with Crippen LogP contribution in [0.2, 0.25) is 0 Å². The van der Waals surface area contributed by atoms with Crippen LogP contribution in [0.15, 0.2) is 84.9 Å². The van der Waals surface area contributed by atoms with Crippen LogP contribution in [-0.2, 0) is 35.5 Å². The van der Waals surface area contributed by atoms with E-state index in [9.17, 15) is 19.8 Å². The lowest BCUT2D eigenvalue weighted by atomic mass is 9.87. The number of ether oxygens (including phenoxy) is 6. The van der Waals surface area contributed by atoms with Crippen molar-refractivity contribution in [2.24, 2.45) is 10.8 Å². The van der Waals surface area contributed by atoms with Crippen LogP contribution >= 0.6 is 22.7 Å². The Balaban J connectivity index is 0.000000182. The van der Waals surface area contributed by atoms with Crippen molar-refractivity contribution in [2.45, 2.75) is 65.8 Å². The molecule has 0 amide bonds. The molecule has 2 fully saturated rings. The third-order valence-corrected chi connectivity index (χ3v) is 16.8. The molecule has 8 heterocycles. The average molecular weight is 1250 g/mol. The van der Waals surface area contributed by atoms with Crippen LogP contribution < -0.4 is 18.9 Å². The quantitative estimate of drug-likeness (QED) is 0.0599. The summed E-state index contributed by atoms with van der Waals surface area (Å²) in [6.45, 7) is 9.37. The monoisotopic (exact) mass is 1250 g/mol. The Kier molecular flexibility index (Phi) is 16.9. The van der Waals surface area contributed by atoms with E-state index in [4.69, 9.17) is 28.4 Å². The van der Waals surface area contributed by atoms with Gasteiger partial charge in [0, 0.05) is 58.1 Å². The molecule has 0 radical (unpaired) electrons. The fraction of sp³-hybridized carbons (Fsp3) is 0.300. The van der Waals surface area contributed by atoms with Gasteiger partial charge in [0.1, 0.15) is 36.5 Å². The van der Waals surface area contributed by atoms with Gasteiger partial charge in [0.05, 0.1) is 97.3 Å². The van der Waals surface area contributed by atoms with Crippen molar-refractivity contribution in [1.29, 1.82) is 0 Å². The van der Waals surface area contributed by atoms with Crippen molar-refractivity contribution in [3.8, 4) is 44.7 Å². The molecule has 2 atom stereocenters. The van der Waals surface area contributed by atoms with Crippen LogP contribution in [0.25, 0.3) is 44.6 Å². The molecule has 456 valence electrons. The van der Waals surface area contributed by atoms with E-state index in [2.05, 4.69) is 40.3 Å². The molecule has 10 aromatic rings. The van der Waals surface area contributed by atoms with Crippen LogP contribution in [0, 0.1) is 45.7 Å². The summed E-state index contributed by atoms with van der Waals surface area (Å²) in [6, 6.07) is 19.0. The Morgan fingerprint density at radius 1 is 0.568 bits per heavy atom. The molecule has 88 heavy (non-hydrogen) atoms. The van der Waals surface area contributed by atoms with Gasteiger partial charge in [-0.15, -0.1) is 10.2 Å². The lowest BCUT2D eigenvalue weighted by Crippen LogP contribution is -2.27. The second-order valence-electron chi connectivity index (χ2n) is 21.9. The van der Waals surface area contributed by atoms with Crippen molar-refractivity contribution in [3.05, 3.63) is 164 Å². The SMILES string of the molecule is COc1nnc(COc2cccc(-c3cc(F)c(Cc4nc5ccc(C(=O)O)cc5n4C4COCC4(C)C)c(F)c3F)n2)s1.COc1nnc(COc2cccc(-c3cc(F)c(Cc4nc5ccc(C(=O)O)cc5n4C4COCC4(C)C)c(F)c3F)n2)s1. The summed E-state index contributed by atoms with van der Waals surface area (Å²) in [7, 11) is 2.93. The zero-order valence-electron chi connectivity index (χ0n) is 47.6. The number of carboxylic acid groups (broad SMARTS) is 2. The predicted octanol–water partition coefficient (Wildman–Crippen LogP) is 11.7. The molecule has 20 nitrogen and oxygen atoms in total. The van der Waals surface area contributed by atoms with Gasteiger partial charge in [0.25, 0.3) is 10.4 Å². The highest BCUT2D eigenvalue weighted by Gasteiger charge is 2.41. The molecule has 6 aromatic heterocycles. The molecule has 2 saturated heterocycles. The molecule has 2 aliphatic heterocycles. The predicted molar refractivity (Wildman–Crippen MR) is 307 cm³/mol. The Bertz CT molecular complexity index is 4060. The minimum absolute atomic E-state index is 0.0133. The summed E-state index contributed by atoms with van der Waals surface area (Å²) in [5.74, 6) is -8.84. The molecule has 2 aliphatic rings. The van der Waals surface area contributed by atoms with Gasteiger partial charge in [-0.1, -0.05) is 72.7 Å². The second-order valence-corrected chi connectivity index (χ2v) is 23.9. The highest BCUT2D eigenvalue weighted by molar-refractivity contribution is 7.13. The fourth-order valence-electron chi connectivity index (χ4n) is 10.5. The summed E-state index contributed by atoms with van der Waals surface area (Å²) in [6.07, 6.45) is -0.777. The maximum Gasteiger partial charge on any atom is 0.335 e. The van der Waals surface area contributed by atoms with Crippen LogP contribution in [0.5, 0.6) is 22.1 Å². The number of fused-ring (bicyclic) bond motifs is 2. The van der Waals surface area contributed by atoms with Crippen molar-refractivity contribution in [2.75, 3.05) is 40.6 Å². The number of rotatable bonds is 18. The van der Waals surface area contributed by atoms with E-state index in [-0.39, 0.29) is 108 Å². The normalized spacial score (nSPS) is 16.0. The number of aromatic nitrogens is 10. The number of halogens is 6. The van der Waals surface area contributed by atoms with Crippen molar-refractivity contribution in [1.82, 2.24) is 49.5 Å². The van der Waals surface area contributed by atoms with Gasteiger partial charge in [-0.3, -0.25) is 0 Å². The molecule has 12 rings (SSSR count). The van der Waals surface area contributed by atoms with E-state index < -0.39 is 68.8 Å². The first kappa shape index (κ1) is 60.6. The number of imidazole rings is 2. The van der Waals surface area contributed by atoms with Crippen LogP contribution in [-0.4, -0.2) is 112 Å². The number of nitrogens with zero attached hydrogens (tertiary/aromatic N) is 10. The molecular weight excluding hydrogens is 1200 g/mol. The smallest absolute Gasteiger partial charge is 0.335 e. The Morgan fingerprint density at radius 3 is 1.33 bits per heavy atom. The molecule has 28 heteroatoms. The summed E-state index contributed by atoms with van der Waals surface area (Å²) in [5, 5.41) is 36.3. The highest BCUT2D eigenvalue weighted by Crippen LogP contribution is 2.43. The largest absolute Gasteiger partial charge is 0.478 e. The molecule has 2 N–H and O–H groups in total. The first-order chi connectivity index (χ1) is 42.1. The van der Waals surface area contributed by atoms with Gasteiger partial charge in [-0.05, 0) is 60.7 Å². The summed E-state index contributed by atoms with van der Waals surface area (Å²) < 4.78 is 130. The van der Waals surface area contributed by atoms with Crippen LogP contribution in [0.1, 0.15) is 93.3 Å². The summed E-state index contributed by atoms with van der Waals surface area (Å²) in [4.78, 5) is 41.0. The zero-order chi connectivity index (χ0) is 62.3. The molecular formula is C60H52F6N10O10S2. The number of hydrogen-bond acceptors (Lipinski definition) is 18. The van der Waals surface area contributed by atoms with Gasteiger partial charge in [-0.2, -0.15) is 0 Å². The van der Waals surface area contributed by atoms with E-state index in [0.29, 0.717) is 55.7 Å². The van der Waals surface area contributed by atoms with Gasteiger partial charge in [0.2, 0.25) is 11.8 Å². The van der Waals surface area contributed by atoms with Crippen molar-refractivity contribution < 1.29 is 74.6 Å². The van der Waals surface area contributed by atoms with Crippen LogP contribution in [0.4, 0.5) is 26.3 Å². The van der Waals surface area contributed by atoms with E-state index in [1.807, 2.05) is 27.7 Å². The minimum Gasteiger partial charge on any atom is -0.478 e. The number of hydrogen-bond donors (Lipinski definition) is 2. The number of methoxy groups -OCH3 is 2. The Hall–Kier alpha value is -9.12. The van der Waals surface area contributed by atoms with Gasteiger partial charge in [0.15, 0.2) is 33.3 Å². The number of aromatic carboxylic acids is 2. The topological polar surface area (TPSA) is 243 Å². The molecule has 0 saturated carbocycles. The molecule has 2 unspecified atom stereocenters. The third kappa shape index (κ3) is 12.1. The van der Waals surface area contributed by atoms with Gasteiger partial charge in [-0.25, -0.2) is 55.9 Å². The summed E-state index contributed by atoms with van der Waals surface area (Å²) in [5.41, 5.74) is -0.716. The first-order valence-corrected chi connectivity index (χ1v) is 28.6. The lowest BCUT2D eigenvalue weighted by Gasteiger charge is -2.28. The minimum atomic E-state index is -1.37. The Labute approximate surface area is 504 Å². The number of pyridine rings is 2. The van der Waals surface area contributed by atoms with Gasteiger partial charge < -0.3 is 47.8 Å². The van der Waals surface area contributed by atoms with Crippen molar-refractivity contribution in [3.63, 3.8) is 0 Å². The zero-order valence-corrected chi connectivity index (χ0v) is 49.2. The molecule has 0 spiro atoms. The second kappa shape index (κ2) is 24.6. The average Bonchev–Trinajstić information content (AvgIpc) is 2.03. The van der Waals surface area contributed by atoms with E-state index in [0.717, 1.165) is 12.1 Å². The number of benzene rings is 4. The maximum absolute atomic E-state index is 15.6. The van der Waals surface area contributed by atoms with Gasteiger partial charge >= 0.3 is 11.9 Å². The van der Waals surface area contributed by atoms with Crippen molar-refractivity contribution >= 4 is 56.7 Å². The first-order valence-electron chi connectivity index (χ1n) is 27.0. The van der Waals surface area contributed by atoms with E-state index >= 15 is 26.3 Å². The fourth-order valence-corrected chi connectivity index (χ4v) is 11.6. The highest BCUT2D eigenvalue weighted by atomic mass is 32.1. The molecule has 0 aliphatic carbocycles. The maximum atomic E-state index is 15.6. The molecule has 4 aromatic carbocycles. The van der Waals surface area contributed by atoms with Crippen LogP contribution in [0.3, 0.4) is 0 Å². The Morgan fingerprint density at radius 2 is 0.977 bits per heavy atom. The third-order valence-electron chi connectivity index (χ3n) is 15.1. The number of carboxylic acids is 2. The standard InChI is InChI=1S/2C30H26F3N5O5S/c2*1-30(2)14-42-12-22(30)38-21-9-15(28(39)40)7-8-20(21)34-23(38)11-16-18(31)10-17(27(33)26(16)32)19-5-4-6-24(35-19)43-13-25-36-37-29(41-3)44-25/h2*4-10,22H,11-14H2,1-3H3,(H,39,40). The number of carbonyl (C=O) groups is 2.